The molecule has 2 rings (SSSR count). The monoisotopic (exact) mass is 164 g/mol. The van der Waals surface area contributed by atoms with Crippen molar-refractivity contribution in [2.24, 2.45) is 0 Å². The van der Waals surface area contributed by atoms with Crippen LogP contribution in [0.4, 0.5) is 4.39 Å². The molecule has 0 unspecified atom stereocenters. The fourth-order valence-corrected chi connectivity index (χ4v) is 1.48. The van der Waals surface area contributed by atoms with E-state index in [2.05, 4.69) is 0 Å². The minimum atomic E-state index is -0.515. The molecule has 2 heteroatoms. The molecule has 1 aromatic heterocycles. The third-order valence-corrected chi connectivity index (χ3v) is 1.92. The van der Waals surface area contributed by atoms with Gasteiger partial charge in [-0.15, -0.1) is 0 Å². The van der Waals surface area contributed by atoms with E-state index in [4.69, 9.17) is 4.42 Å². The molecular formula is C10H9FO. The van der Waals surface area contributed by atoms with Crippen molar-refractivity contribution in [3.8, 4) is 0 Å². The van der Waals surface area contributed by atoms with Gasteiger partial charge in [-0.25, -0.2) is 0 Å². The van der Waals surface area contributed by atoms with Gasteiger partial charge in [-0.05, 0) is 31.0 Å². The minimum absolute atomic E-state index is 0.515. The summed E-state index contributed by atoms with van der Waals surface area (Å²) >= 11 is 0. The maximum absolute atomic E-state index is 12.7. The van der Waals surface area contributed by atoms with Crippen molar-refractivity contribution in [1.82, 2.24) is 0 Å². The molecule has 0 aliphatic carbocycles. The second kappa shape index (κ2) is 2.34. The summed E-state index contributed by atoms with van der Waals surface area (Å²) in [5, 5.41) is 0.838. The Kier molecular flexibility index (Phi) is 1.43. The van der Waals surface area contributed by atoms with E-state index >= 15 is 0 Å². The van der Waals surface area contributed by atoms with Gasteiger partial charge in [0.25, 0.3) is 6.01 Å². The predicted molar refractivity (Wildman–Crippen MR) is 45.6 cm³/mol. The molecule has 0 amide bonds. The third kappa shape index (κ3) is 0.998. The van der Waals surface area contributed by atoms with Crippen LogP contribution >= 0.6 is 0 Å². The molecule has 0 N–H and O–H groups in total. The van der Waals surface area contributed by atoms with Gasteiger partial charge in [-0.3, -0.25) is 0 Å². The summed E-state index contributed by atoms with van der Waals surface area (Å²) < 4.78 is 17.6. The molecular weight excluding hydrogens is 155 g/mol. The first-order valence-corrected chi connectivity index (χ1v) is 3.83. The molecule has 0 saturated carbocycles. The van der Waals surface area contributed by atoms with Crippen LogP contribution in [-0.4, -0.2) is 0 Å². The summed E-state index contributed by atoms with van der Waals surface area (Å²) in [5.74, 6) is 0. The zero-order valence-electron chi connectivity index (χ0n) is 7.02. The Bertz CT molecular complexity index is 429. The highest BCUT2D eigenvalue weighted by Gasteiger charge is 2.05. The van der Waals surface area contributed by atoms with Gasteiger partial charge in [0.2, 0.25) is 0 Å². The van der Waals surface area contributed by atoms with Crippen LogP contribution < -0.4 is 0 Å². The van der Waals surface area contributed by atoms with Crippen molar-refractivity contribution in [3.63, 3.8) is 0 Å². The normalized spacial score (nSPS) is 10.9. The van der Waals surface area contributed by atoms with E-state index in [1.807, 2.05) is 26.0 Å². The lowest BCUT2D eigenvalue weighted by Crippen LogP contribution is -1.76. The van der Waals surface area contributed by atoms with Crippen LogP contribution in [0.25, 0.3) is 11.0 Å². The van der Waals surface area contributed by atoms with Crippen molar-refractivity contribution in [3.05, 3.63) is 35.3 Å². The summed E-state index contributed by atoms with van der Waals surface area (Å²) in [5.41, 5.74) is 2.76. The molecule has 0 atom stereocenters. The highest BCUT2D eigenvalue weighted by Crippen LogP contribution is 2.23. The molecule has 1 aromatic carbocycles. The summed E-state index contributed by atoms with van der Waals surface area (Å²) in [6.07, 6.45) is 0. The van der Waals surface area contributed by atoms with Crippen LogP contribution in [0.5, 0.6) is 0 Å². The zero-order valence-corrected chi connectivity index (χ0v) is 7.02. The SMILES string of the molecule is Cc1cc(C)c2oc(F)cc2c1. The number of halogens is 1. The Hall–Kier alpha value is -1.31. The van der Waals surface area contributed by atoms with E-state index in [1.165, 1.54) is 6.07 Å². The van der Waals surface area contributed by atoms with E-state index in [1.54, 1.807) is 0 Å². The van der Waals surface area contributed by atoms with Gasteiger partial charge in [0.1, 0.15) is 5.58 Å². The summed E-state index contributed by atoms with van der Waals surface area (Å²) in [6, 6.07) is 4.79. The lowest BCUT2D eigenvalue weighted by molar-refractivity contribution is 0.380. The molecule has 0 fully saturated rings. The van der Waals surface area contributed by atoms with Crippen molar-refractivity contribution in [2.75, 3.05) is 0 Å². The van der Waals surface area contributed by atoms with Gasteiger partial charge >= 0.3 is 0 Å². The van der Waals surface area contributed by atoms with Gasteiger partial charge in [-0.2, -0.15) is 4.39 Å². The third-order valence-electron chi connectivity index (χ3n) is 1.92. The van der Waals surface area contributed by atoms with Crippen LogP contribution in [0.2, 0.25) is 0 Å². The van der Waals surface area contributed by atoms with Crippen molar-refractivity contribution >= 4 is 11.0 Å². The standard InChI is InChI=1S/C10H9FO/c1-6-3-7(2)10-8(4-6)5-9(11)12-10/h3-5H,1-2H3. The van der Waals surface area contributed by atoms with Crippen LogP contribution in [0.3, 0.4) is 0 Å². The van der Waals surface area contributed by atoms with Crippen LogP contribution in [0.1, 0.15) is 11.1 Å². The first-order valence-electron chi connectivity index (χ1n) is 3.83. The Morgan fingerprint density at radius 1 is 1.17 bits per heavy atom. The number of furan rings is 1. The molecule has 2 aromatic rings. The zero-order chi connectivity index (χ0) is 8.72. The number of hydrogen-bond acceptors (Lipinski definition) is 1. The smallest absolute Gasteiger partial charge is 0.278 e. The van der Waals surface area contributed by atoms with Gasteiger partial charge in [0, 0.05) is 11.5 Å². The Morgan fingerprint density at radius 2 is 1.92 bits per heavy atom. The molecule has 0 spiro atoms. The van der Waals surface area contributed by atoms with E-state index in [-0.39, 0.29) is 0 Å². The second-order valence-corrected chi connectivity index (χ2v) is 3.05. The quantitative estimate of drug-likeness (QED) is 0.582. The van der Waals surface area contributed by atoms with Crippen LogP contribution in [0, 0.1) is 19.9 Å². The first kappa shape index (κ1) is 7.35. The molecule has 0 saturated heterocycles. The van der Waals surface area contributed by atoms with E-state index < -0.39 is 6.01 Å². The molecule has 62 valence electrons. The fourth-order valence-electron chi connectivity index (χ4n) is 1.48. The maximum Gasteiger partial charge on any atom is 0.278 e. The molecule has 0 aliphatic heterocycles. The van der Waals surface area contributed by atoms with Gasteiger partial charge < -0.3 is 4.42 Å². The maximum atomic E-state index is 12.7. The first-order chi connectivity index (χ1) is 5.66. The lowest BCUT2D eigenvalue weighted by atomic mass is 10.1. The van der Waals surface area contributed by atoms with Gasteiger partial charge in [-0.1, -0.05) is 6.07 Å². The Morgan fingerprint density at radius 3 is 2.67 bits per heavy atom. The highest BCUT2D eigenvalue weighted by molar-refractivity contribution is 5.81. The molecule has 1 nitrogen and oxygen atoms in total. The number of hydrogen-bond donors (Lipinski definition) is 0. The number of rotatable bonds is 0. The second-order valence-electron chi connectivity index (χ2n) is 3.05. The predicted octanol–water partition coefficient (Wildman–Crippen LogP) is 3.19. The van der Waals surface area contributed by atoms with Crippen molar-refractivity contribution in [1.29, 1.82) is 0 Å². The largest absolute Gasteiger partial charge is 0.431 e. The van der Waals surface area contributed by atoms with E-state index in [0.29, 0.717) is 5.58 Å². The van der Waals surface area contributed by atoms with Crippen LogP contribution in [-0.2, 0) is 0 Å². The average molecular weight is 164 g/mol. The molecule has 1 heterocycles. The molecule has 0 aliphatic rings. The molecule has 0 bridgehead atoms. The van der Waals surface area contributed by atoms with Crippen LogP contribution in [0.15, 0.2) is 22.6 Å². The topological polar surface area (TPSA) is 13.1 Å². The van der Waals surface area contributed by atoms with E-state index in [0.717, 1.165) is 16.5 Å². The average Bonchev–Trinajstić information content (AvgIpc) is 2.29. The Labute approximate surface area is 69.8 Å². The molecule has 12 heavy (non-hydrogen) atoms. The fraction of sp³-hybridized carbons (Fsp3) is 0.200. The summed E-state index contributed by atoms with van der Waals surface area (Å²) in [6.45, 7) is 3.90. The molecule has 0 radical (unpaired) electrons. The van der Waals surface area contributed by atoms with Gasteiger partial charge in [0.05, 0.1) is 0 Å². The lowest BCUT2D eigenvalue weighted by Gasteiger charge is -1.95. The van der Waals surface area contributed by atoms with Crippen molar-refractivity contribution < 1.29 is 8.81 Å². The minimum Gasteiger partial charge on any atom is -0.431 e. The summed E-state index contributed by atoms with van der Waals surface area (Å²) in [7, 11) is 0. The van der Waals surface area contributed by atoms with E-state index in [9.17, 15) is 4.39 Å². The van der Waals surface area contributed by atoms with Crippen molar-refractivity contribution in [2.45, 2.75) is 13.8 Å². The number of aryl methyl sites for hydroxylation is 2. The highest BCUT2D eigenvalue weighted by atomic mass is 19.1. The van der Waals surface area contributed by atoms with Gasteiger partial charge in [0.15, 0.2) is 0 Å². The summed E-state index contributed by atoms with van der Waals surface area (Å²) in [4.78, 5) is 0. The number of fused-ring (bicyclic) bond motifs is 1. The number of benzene rings is 1. The Balaban J connectivity index is 2.88.